The summed E-state index contributed by atoms with van der Waals surface area (Å²) in [5, 5.41) is 11.6. The van der Waals surface area contributed by atoms with Gasteiger partial charge in [0.2, 0.25) is 5.91 Å². The molecule has 1 atom stereocenters. The van der Waals surface area contributed by atoms with Crippen LogP contribution in [-0.2, 0) is 4.79 Å². The molecule has 0 spiro atoms. The van der Waals surface area contributed by atoms with E-state index in [1.165, 1.54) is 24.3 Å². The summed E-state index contributed by atoms with van der Waals surface area (Å²) >= 11 is 1.98. The molecule has 1 saturated heterocycles. The smallest absolute Gasteiger partial charge is 0.220 e. The molecule has 3 nitrogen and oxygen atoms in total. The standard InChI is InChI=1S/C11H21NO2S/c1-9(2-5-13)12-11(14)8-10-3-6-15-7-4-10/h9-10,13H,2-8H2,1H3,(H,12,14). The first-order chi connectivity index (χ1) is 7.22. The molecule has 1 aliphatic heterocycles. The largest absolute Gasteiger partial charge is 0.396 e. The van der Waals surface area contributed by atoms with Gasteiger partial charge >= 0.3 is 0 Å². The fourth-order valence-electron chi connectivity index (χ4n) is 1.81. The van der Waals surface area contributed by atoms with Crippen molar-refractivity contribution < 1.29 is 9.90 Å². The maximum Gasteiger partial charge on any atom is 0.220 e. The van der Waals surface area contributed by atoms with Crippen LogP contribution in [0, 0.1) is 5.92 Å². The monoisotopic (exact) mass is 231 g/mol. The van der Waals surface area contributed by atoms with Crippen molar-refractivity contribution in [2.75, 3.05) is 18.1 Å². The first-order valence-electron chi connectivity index (χ1n) is 5.70. The van der Waals surface area contributed by atoms with E-state index in [0.717, 1.165) is 0 Å². The molecular formula is C11H21NO2S. The summed E-state index contributed by atoms with van der Waals surface area (Å²) in [5.41, 5.74) is 0. The highest BCUT2D eigenvalue weighted by Gasteiger charge is 2.17. The van der Waals surface area contributed by atoms with Crippen molar-refractivity contribution in [3.05, 3.63) is 0 Å². The molecule has 0 aromatic carbocycles. The Morgan fingerprint density at radius 3 is 2.80 bits per heavy atom. The summed E-state index contributed by atoms with van der Waals surface area (Å²) < 4.78 is 0. The topological polar surface area (TPSA) is 49.3 Å². The summed E-state index contributed by atoms with van der Waals surface area (Å²) in [6.07, 6.45) is 3.65. The van der Waals surface area contributed by atoms with E-state index < -0.39 is 0 Å². The van der Waals surface area contributed by atoms with Gasteiger partial charge in [0, 0.05) is 19.1 Å². The van der Waals surface area contributed by atoms with Crippen LogP contribution in [0.4, 0.5) is 0 Å². The second-order valence-corrected chi connectivity index (χ2v) is 5.47. The number of rotatable bonds is 5. The molecule has 1 aliphatic rings. The summed E-state index contributed by atoms with van der Waals surface area (Å²) in [6, 6.07) is 0.0977. The average Bonchev–Trinajstić information content (AvgIpc) is 2.19. The number of thioether (sulfide) groups is 1. The molecule has 0 aliphatic carbocycles. The van der Waals surface area contributed by atoms with Gasteiger partial charge in [-0.25, -0.2) is 0 Å². The third kappa shape index (κ3) is 5.42. The Kier molecular flexibility index (Phi) is 6.10. The van der Waals surface area contributed by atoms with Crippen molar-refractivity contribution >= 4 is 17.7 Å². The fraction of sp³-hybridized carbons (Fsp3) is 0.909. The Morgan fingerprint density at radius 1 is 1.53 bits per heavy atom. The van der Waals surface area contributed by atoms with Gasteiger partial charge in [-0.2, -0.15) is 11.8 Å². The van der Waals surface area contributed by atoms with E-state index in [2.05, 4.69) is 5.32 Å². The van der Waals surface area contributed by atoms with E-state index in [4.69, 9.17) is 5.11 Å². The average molecular weight is 231 g/mol. The normalized spacial score (nSPS) is 19.9. The maximum absolute atomic E-state index is 11.6. The lowest BCUT2D eigenvalue weighted by Gasteiger charge is -2.21. The van der Waals surface area contributed by atoms with Crippen LogP contribution in [-0.4, -0.2) is 35.2 Å². The van der Waals surface area contributed by atoms with Crippen molar-refractivity contribution in [1.82, 2.24) is 5.32 Å². The number of hydrogen-bond donors (Lipinski definition) is 2. The lowest BCUT2D eigenvalue weighted by molar-refractivity contribution is -0.122. The van der Waals surface area contributed by atoms with E-state index in [1.807, 2.05) is 18.7 Å². The van der Waals surface area contributed by atoms with E-state index in [0.29, 0.717) is 18.8 Å². The highest BCUT2D eigenvalue weighted by molar-refractivity contribution is 7.99. The molecule has 0 saturated carbocycles. The van der Waals surface area contributed by atoms with Gasteiger partial charge in [0.25, 0.3) is 0 Å². The van der Waals surface area contributed by atoms with Gasteiger partial charge in [0.1, 0.15) is 0 Å². The molecule has 0 bridgehead atoms. The third-order valence-electron chi connectivity index (χ3n) is 2.78. The molecule has 4 heteroatoms. The fourth-order valence-corrected chi connectivity index (χ4v) is 3.02. The van der Waals surface area contributed by atoms with E-state index in [9.17, 15) is 4.79 Å². The Morgan fingerprint density at radius 2 is 2.20 bits per heavy atom. The number of nitrogens with one attached hydrogen (secondary N) is 1. The molecule has 1 fully saturated rings. The summed E-state index contributed by atoms with van der Waals surface area (Å²) in [6.45, 7) is 2.08. The minimum absolute atomic E-state index is 0.0977. The molecular weight excluding hydrogens is 210 g/mol. The van der Waals surface area contributed by atoms with Gasteiger partial charge in [0.15, 0.2) is 0 Å². The van der Waals surface area contributed by atoms with Gasteiger partial charge in [-0.05, 0) is 43.6 Å². The molecule has 1 rings (SSSR count). The van der Waals surface area contributed by atoms with Gasteiger partial charge in [-0.1, -0.05) is 0 Å². The first kappa shape index (κ1) is 12.8. The molecule has 0 radical (unpaired) electrons. The van der Waals surface area contributed by atoms with Gasteiger partial charge < -0.3 is 10.4 Å². The summed E-state index contributed by atoms with van der Waals surface area (Å²) in [4.78, 5) is 11.6. The lowest BCUT2D eigenvalue weighted by atomic mass is 9.98. The van der Waals surface area contributed by atoms with Crippen molar-refractivity contribution in [3.8, 4) is 0 Å². The van der Waals surface area contributed by atoms with Gasteiger partial charge in [-0.15, -0.1) is 0 Å². The number of aliphatic hydroxyl groups is 1. The maximum atomic E-state index is 11.6. The number of aliphatic hydroxyl groups excluding tert-OH is 1. The van der Waals surface area contributed by atoms with E-state index in [-0.39, 0.29) is 18.6 Å². The lowest BCUT2D eigenvalue weighted by Crippen LogP contribution is -2.34. The summed E-state index contributed by atoms with van der Waals surface area (Å²) in [7, 11) is 0. The zero-order valence-corrected chi connectivity index (χ0v) is 10.2. The van der Waals surface area contributed by atoms with E-state index >= 15 is 0 Å². The van der Waals surface area contributed by atoms with Crippen LogP contribution in [0.3, 0.4) is 0 Å². The second kappa shape index (κ2) is 7.12. The van der Waals surface area contributed by atoms with Gasteiger partial charge in [0.05, 0.1) is 0 Å². The molecule has 15 heavy (non-hydrogen) atoms. The Labute approximate surface area is 96.0 Å². The number of carbonyl (C=O) groups excluding carboxylic acids is 1. The van der Waals surface area contributed by atoms with Crippen LogP contribution in [0.25, 0.3) is 0 Å². The highest BCUT2D eigenvalue weighted by atomic mass is 32.2. The molecule has 2 N–H and O–H groups in total. The third-order valence-corrected chi connectivity index (χ3v) is 3.83. The van der Waals surface area contributed by atoms with Crippen LogP contribution in [0.5, 0.6) is 0 Å². The minimum Gasteiger partial charge on any atom is -0.396 e. The van der Waals surface area contributed by atoms with Crippen molar-refractivity contribution in [2.24, 2.45) is 5.92 Å². The predicted octanol–water partition coefficient (Wildman–Crippen LogP) is 1.41. The van der Waals surface area contributed by atoms with Crippen molar-refractivity contribution in [2.45, 2.75) is 38.6 Å². The predicted molar refractivity (Wildman–Crippen MR) is 64.0 cm³/mol. The van der Waals surface area contributed by atoms with Crippen molar-refractivity contribution in [1.29, 1.82) is 0 Å². The minimum atomic E-state index is 0.0977. The van der Waals surface area contributed by atoms with Crippen molar-refractivity contribution in [3.63, 3.8) is 0 Å². The molecule has 1 amide bonds. The Bertz CT molecular complexity index is 193. The SMILES string of the molecule is CC(CCO)NC(=O)CC1CCSCC1. The zero-order chi connectivity index (χ0) is 11.1. The molecule has 1 unspecified atom stereocenters. The number of carbonyl (C=O) groups is 1. The zero-order valence-electron chi connectivity index (χ0n) is 9.37. The number of amides is 1. The highest BCUT2D eigenvalue weighted by Crippen LogP contribution is 2.25. The van der Waals surface area contributed by atoms with E-state index in [1.54, 1.807) is 0 Å². The first-order valence-corrected chi connectivity index (χ1v) is 6.85. The van der Waals surface area contributed by atoms with Crippen LogP contribution in [0.15, 0.2) is 0 Å². The van der Waals surface area contributed by atoms with Crippen LogP contribution >= 0.6 is 11.8 Å². The van der Waals surface area contributed by atoms with Crippen LogP contribution in [0.1, 0.15) is 32.6 Å². The van der Waals surface area contributed by atoms with Crippen LogP contribution < -0.4 is 5.32 Å². The molecule has 1 heterocycles. The Hall–Kier alpha value is -0.220. The molecule has 0 aromatic heterocycles. The number of hydrogen-bond acceptors (Lipinski definition) is 3. The second-order valence-electron chi connectivity index (χ2n) is 4.24. The van der Waals surface area contributed by atoms with Gasteiger partial charge in [-0.3, -0.25) is 4.79 Å². The van der Waals surface area contributed by atoms with Crippen LogP contribution in [0.2, 0.25) is 0 Å². The molecule has 88 valence electrons. The summed E-state index contributed by atoms with van der Waals surface area (Å²) in [5.74, 6) is 3.12. The Balaban J connectivity index is 2.16. The molecule has 0 aromatic rings. The quantitative estimate of drug-likeness (QED) is 0.752.